The fraction of sp³-hybridized carbons (Fsp3) is 0.462. The number of alkyl halides is 3. The topological polar surface area (TPSA) is 63.3 Å². The van der Waals surface area contributed by atoms with Crippen LogP contribution in [0.5, 0.6) is 0 Å². The minimum atomic E-state index is -5.04. The molecule has 6 heteroatoms. The molecule has 1 atom stereocenters. The highest BCUT2D eigenvalue weighted by atomic mass is 19.4. The highest BCUT2D eigenvalue weighted by Crippen LogP contribution is 2.41. The second kappa shape index (κ2) is 4.52. The Hall–Kier alpha value is -1.56. The standard InChI is InChI=1S/C13H14F3NO2/c14-13(15,16)12(17,11(18)19)10-6-2-5-9(7-10)8-3-1-4-8/h2,5-8H,1,3-4,17H2,(H,18,19). The Morgan fingerprint density at radius 3 is 2.37 bits per heavy atom. The molecule has 1 aromatic rings. The minimum Gasteiger partial charge on any atom is -0.479 e. The number of aliphatic carboxylic acids is 1. The third-order valence-corrected chi connectivity index (χ3v) is 3.70. The van der Waals surface area contributed by atoms with Gasteiger partial charge in [-0.15, -0.1) is 0 Å². The molecule has 3 nitrogen and oxygen atoms in total. The number of benzene rings is 1. The van der Waals surface area contributed by atoms with E-state index in [2.05, 4.69) is 0 Å². The van der Waals surface area contributed by atoms with Gasteiger partial charge in [0.25, 0.3) is 0 Å². The molecule has 0 heterocycles. The van der Waals surface area contributed by atoms with E-state index in [0.29, 0.717) is 0 Å². The van der Waals surface area contributed by atoms with E-state index < -0.39 is 23.2 Å². The number of halogens is 3. The number of rotatable bonds is 3. The van der Waals surface area contributed by atoms with Crippen molar-refractivity contribution in [3.8, 4) is 0 Å². The molecule has 0 bridgehead atoms. The maximum atomic E-state index is 13.0. The smallest absolute Gasteiger partial charge is 0.421 e. The van der Waals surface area contributed by atoms with Crippen molar-refractivity contribution < 1.29 is 23.1 Å². The molecule has 0 aromatic heterocycles. The van der Waals surface area contributed by atoms with Crippen LogP contribution in [-0.2, 0) is 10.3 Å². The number of carboxylic acid groups (broad SMARTS) is 1. The summed E-state index contributed by atoms with van der Waals surface area (Å²) in [5, 5.41) is 8.88. The molecule has 2 rings (SSSR count). The molecule has 19 heavy (non-hydrogen) atoms. The lowest BCUT2D eigenvalue weighted by molar-refractivity contribution is -0.204. The molecule has 104 valence electrons. The van der Waals surface area contributed by atoms with Crippen molar-refractivity contribution in [3.05, 3.63) is 35.4 Å². The van der Waals surface area contributed by atoms with E-state index in [4.69, 9.17) is 10.8 Å². The normalized spacial score (nSPS) is 19.6. The van der Waals surface area contributed by atoms with Gasteiger partial charge in [0.15, 0.2) is 0 Å². The average molecular weight is 273 g/mol. The zero-order valence-electron chi connectivity index (χ0n) is 10.1. The summed E-state index contributed by atoms with van der Waals surface area (Å²) in [4.78, 5) is 11.0. The molecule has 1 aliphatic carbocycles. The van der Waals surface area contributed by atoms with Crippen molar-refractivity contribution in [1.82, 2.24) is 0 Å². The Bertz CT molecular complexity index is 497. The van der Waals surface area contributed by atoms with E-state index in [1.807, 2.05) is 0 Å². The summed E-state index contributed by atoms with van der Waals surface area (Å²) in [5.41, 5.74) is 2.10. The van der Waals surface area contributed by atoms with E-state index in [9.17, 15) is 18.0 Å². The Morgan fingerprint density at radius 1 is 1.32 bits per heavy atom. The van der Waals surface area contributed by atoms with Gasteiger partial charge in [0.2, 0.25) is 5.54 Å². The fourth-order valence-corrected chi connectivity index (χ4v) is 2.19. The molecular weight excluding hydrogens is 259 g/mol. The first-order chi connectivity index (χ1) is 8.76. The van der Waals surface area contributed by atoms with Gasteiger partial charge in [-0.05, 0) is 29.9 Å². The largest absolute Gasteiger partial charge is 0.479 e. The summed E-state index contributed by atoms with van der Waals surface area (Å²) in [6.45, 7) is 0. The quantitative estimate of drug-likeness (QED) is 0.890. The van der Waals surface area contributed by atoms with Crippen molar-refractivity contribution in [2.75, 3.05) is 0 Å². The molecule has 1 saturated carbocycles. The molecule has 1 fully saturated rings. The molecular formula is C13H14F3NO2. The van der Waals surface area contributed by atoms with E-state index >= 15 is 0 Å². The lowest BCUT2D eigenvalue weighted by Gasteiger charge is -2.30. The number of hydrogen-bond donors (Lipinski definition) is 2. The van der Waals surface area contributed by atoms with Crippen molar-refractivity contribution >= 4 is 5.97 Å². The monoisotopic (exact) mass is 273 g/mol. The zero-order valence-corrected chi connectivity index (χ0v) is 10.1. The molecule has 0 spiro atoms. The van der Waals surface area contributed by atoms with Crippen LogP contribution in [0.15, 0.2) is 24.3 Å². The van der Waals surface area contributed by atoms with Gasteiger partial charge >= 0.3 is 12.1 Å². The van der Waals surface area contributed by atoms with Crippen molar-refractivity contribution in [3.63, 3.8) is 0 Å². The number of hydrogen-bond acceptors (Lipinski definition) is 2. The van der Waals surface area contributed by atoms with E-state index in [1.54, 1.807) is 6.07 Å². The number of carboxylic acids is 1. The first-order valence-corrected chi connectivity index (χ1v) is 5.96. The van der Waals surface area contributed by atoms with Crippen LogP contribution in [0.4, 0.5) is 13.2 Å². The summed E-state index contributed by atoms with van der Waals surface area (Å²) in [5.74, 6) is -1.88. The van der Waals surface area contributed by atoms with Gasteiger partial charge in [-0.3, -0.25) is 0 Å². The van der Waals surface area contributed by atoms with Crippen LogP contribution < -0.4 is 5.73 Å². The van der Waals surface area contributed by atoms with Gasteiger partial charge < -0.3 is 10.8 Å². The van der Waals surface area contributed by atoms with Crippen LogP contribution in [-0.4, -0.2) is 17.3 Å². The van der Waals surface area contributed by atoms with Crippen molar-refractivity contribution in [1.29, 1.82) is 0 Å². The van der Waals surface area contributed by atoms with E-state index in [-0.39, 0.29) is 5.92 Å². The lowest BCUT2D eigenvalue weighted by atomic mass is 9.78. The molecule has 1 unspecified atom stereocenters. The van der Waals surface area contributed by atoms with Crippen molar-refractivity contribution in [2.24, 2.45) is 5.73 Å². The maximum absolute atomic E-state index is 13.0. The molecule has 3 N–H and O–H groups in total. The number of carbonyl (C=O) groups is 1. The van der Waals surface area contributed by atoms with Gasteiger partial charge in [0.05, 0.1) is 0 Å². The Morgan fingerprint density at radius 2 is 1.95 bits per heavy atom. The van der Waals surface area contributed by atoms with E-state index in [1.165, 1.54) is 12.1 Å². The van der Waals surface area contributed by atoms with Crippen LogP contribution in [0.3, 0.4) is 0 Å². The van der Waals surface area contributed by atoms with Crippen LogP contribution in [0.2, 0.25) is 0 Å². The predicted octanol–water partition coefficient (Wildman–Crippen LogP) is 2.76. The van der Waals surface area contributed by atoms with Crippen LogP contribution in [0, 0.1) is 0 Å². The Labute approximate surface area is 108 Å². The predicted molar refractivity (Wildman–Crippen MR) is 62.6 cm³/mol. The first-order valence-electron chi connectivity index (χ1n) is 5.96. The van der Waals surface area contributed by atoms with Crippen LogP contribution >= 0.6 is 0 Å². The van der Waals surface area contributed by atoms with Gasteiger partial charge in [0, 0.05) is 0 Å². The second-order valence-electron chi connectivity index (χ2n) is 4.86. The highest BCUT2D eigenvalue weighted by molar-refractivity contribution is 5.81. The summed E-state index contributed by atoms with van der Waals surface area (Å²) in [7, 11) is 0. The second-order valence-corrected chi connectivity index (χ2v) is 4.86. The number of nitrogens with two attached hydrogens (primary N) is 1. The Balaban J connectivity index is 2.45. The highest BCUT2D eigenvalue weighted by Gasteiger charge is 2.59. The maximum Gasteiger partial charge on any atom is 0.421 e. The SMILES string of the molecule is NC(C(=O)O)(c1cccc(C2CCC2)c1)C(F)(F)F. The van der Waals surface area contributed by atoms with Gasteiger partial charge in [-0.25, -0.2) is 4.79 Å². The van der Waals surface area contributed by atoms with Gasteiger partial charge in [-0.1, -0.05) is 30.7 Å². The third-order valence-electron chi connectivity index (χ3n) is 3.70. The molecule has 0 radical (unpaired) electrons. The molecule has 1 aliphatic rings. The molecule has 0 aliphatic heterocycles. The van der Waals surface area contributed by atoms with E-state index in [0.717, 1.165) is 30.9 Å². The van der Waals surface area contributed by atoms with Crippen molar-refractivity contribution in [2.45, 2.75) is 36.9 Å². The molecule has 1 aromatic carbocycles. The molecule has 0 amide bonds. The lowest BCUT2D eigenvalue weighted by Crippen LogP contribution is -2.56. The van der Waals surface area contributed by atoms with Gasteiger partial charge in [-0.2, -0.15) is 13.2 Å². The van der Waals surface area contributed by atoms with Crippen LogP contribution in [0.1, 0.15) is 36.3 Å². The van der Waals surface area contributed by atoms with Crippen LogP contribution in [0.25, 0.3) is 0 Å². The first kappa shape index (κ1) is 13.9. The van der Waals surface area contributed by atoms with Gasteiger partial charge in [0.1, 0.15) is 0 Å². The molecule has 0 saturated heterocycles. The summed E-state index contributed by atoms with van der Waals surface area (Å²) in [6.07, 6.45) is -2.17. The minimum absolute atomic E-state index is 0.214. The fourth-order valence-electron chi connectivity index (χ4n) is 2.19. The Kier molecular flexibility index (Phi) is 3.30. The third kappa shape index (κ3) is 2.20. The average Bonchev–Trinajstić information content (AvgIpc) is 2.24. The zero-order chi connectivity index (χ0) is 14.3. The summed E-state index contributed by atoms with van der Waals surface area (Å²) in [6, 6.07) is 5.53. The summed E-state index contributed by atoms with van der Waals surface area (Å²) >= 11 is 0. The summed E-state index contributed by atoms with van der Waals surface area (Å²) < 4.78 is 38.9.